The third kappa shape index (κ3) is 5.76. The molecule has 1 aromatic carbocycles. The molecule has 0 bridgehead atoms. The monoisotopic (exact) mass is 396 g/mol. The van der Waals surface area contributed by atoms with Crippen LogP contribution >= 0.6 is 0 Å². The number of rotatable bonds is 7. The Morgan fingerprint density at radius 2 is 1.72 bits per heavy atom. The van der Waals surface area contributed by atoms with E-state index in [4.69, 9.17) is 0 Å². The lowest BCUT2D eigenvalue weighted by molar-refractivity contribution is -0.146. The minimum Gasteiger partial charge on any atom is -0.481 e. The van der Waals surface area contributed by atoms with Crippen LogP contribution in [0.3, 0.4) is 0 Å². The average molecular weight is 396 g/mol. The molecule has 7 heteroatoms. The summed E-state index contributed by atoms with van der Waals surface area (Å²) in [7, 11) is 0. The van der Waals surface area contributed by atoms with Gasteiger partial charge in [-0.3, -0.25) is 14.9 Å². The molecule has 0 unspecified atom stereocenters. The molecular formula is C22H28N4O3. The molecule has 2 N–H and O–H groups in total. The quantitative estimate of drug-likeness (QED) is 0.746. The van der Waals surface area contributed by atoms with Crippen LogP contribution in [0.1, 0.15) is 44.2 Å². The summed E-state index contributed by atoms with van der Waals surface area (Å²) in [5.41, 5.74) is 0.959. The van der Waals surface area contributed by atoms with Gasteiger partial charge in [0.2, 0.25) is 11.9 Å². The molecule has 0 atom stereocenters. The summed E-state index contributed by atoms with van der Waals surface area (Å²) in [5.74, 6) is 0.158. The summed E-state index contributed by atoms with van der Waals surface area (Å²) in [6.07, 6.45) is 5.88. The van der Waals surface area contributed by atoms with Crippen molar-refractivity contribution in [3.63, 3.8) is 0 Å². The zero-order chi connectivity index (χ0) is 20.9. The number of aromatic nitrogens is 2. The van der Waals surface area contributed by atoms with Crippen LogP contribution < -0.4 is 10.2 Å². The first-order valence-corrected chi connectivity index (χ1v) is 10.0. The summed E-state index contributed by atoms with van der Waals surface area (Å²) < 4.78 is 0. The van der Waals surface area contributed by atoms with E-state index in [1.54, 1.807) is 20.0 Å². The number of amides is 1. The first kappa shape index (κ1) is 20.8. The van der Waals surface area contributed by atoms with Crippen LogP contribution in [0.4, 0.5) is 11.8 Å². The average Bonchev–Trinajstić information content (AvgIpc) is 2.70. The van der Waals surface area contributed by atoms with Gasteiger partial charge in [-0.05, 0) is 56.7 Å². The fourth-order valence-corrected chi connectivity index (χ4v) is 3.42. The van der Waals surface area contributed by atoms with Crippen LogP contribution in [0.25, 0.3) is 0 Å². The fraction of sp³-hybridized carbons (Fsp3) is 0.455. The van der Waals surface area contributed by atoms with Crippen molar-refractivity contribution in [3.05, 3.63) is 47.7 Å². The van der Waals surface area contributed by atoms with E-state index in [1.807, 2.05) is 30.3 Å². The minimum atomic E-state index is -0.826. The van der Waals surface area contributed by atoms with E-state index in [0.717, 1.165) is 42.9 Å². The molecule has 3 rings (SSSR count). The maximum Gasteiger partial charge on any atom is 0.309 e. The zero-order valence-corrected chi connectivity index (χ0v) is 17.0. The smallest absolute Gasteiger partial charge is 0.309 e. The first-order valence-electron chi connectivity index (χ1n) is 10.0. The number of carbonyl (C=O) groups excluding carboxylic acids is 1. The van der Waals surface area contributed by atoms with Gasteiger partial charge < -0.3 is 10.0 Å². The Morgan fingerprint density at radius 3 is 2.38 bits per heavy atom. The number of hydrogen-bond donors (Lipinski definition) is 2. The summed E-state index contributed by atoms with van der Waals surface area (Å²) in [6, 6.07) is 9.34. The van der Waals surface area contributed by atoms with Crippen LogP contribution in [0.5, 0.6) is 0 Å². The second kappa shape index (κ2) is 9.03. The molecule has 1 aliphatic heterocycles. The van der Waals surface area contributed by atoms with Crippen molar-refractivity contribution in [1.29, 1.82) is 0 Å². The fourth-order valence-electron chi connectivity index (χ4n) is 3.42. The highest BCUT2D eigenvalue weighted by atomic mass is 16.4. The van der Waals surface area contributed by atoms with Crippen molar-refractivity contribution in [2.24, 2.45) is 5.41 Å². The first-order chi connectivity index (χ1) is 13.8. The van der Waals surface area contributed by atoms with Gasteiger partial charge in [0.05, 0.1) is 11.8 Å². The van der Waals surface area contributed by atoms with Gasteiger partial charge in [-0.2, -0.15) is 4.98 Å². The second-order valence-electron chi connectivity index (χ2n) is 8.19. The van der Waals surface area contributed by atoms with Gasteiger partial charge in [-0.1, -0.05) is 24.3 Å². The van der Waals surface area contributed by atoms with Crippen molar-refractivity contribution in [3.8, 4) is 0 Å². The molecule has 29 heavy (non-hydrogen) atoms. The summed E-state index contributed by atoms with van der Waals surface area (Å²) in [4.78, 5) is 34.5. The Hall–Kier alpha value is -2.96. The molecular weight excluding hydrogens is 368 g/mol. The highest BCUT2D eigenvalue weighted by Crippen LogP contribution is 2.22. The SMILES string of the molecule is CC(C)(Cc1ccc(CC(=O)Nc2nccc(N3CCCCC3)n2)cc1)C(=O)O. The number of anilines is 2. The van der Waals surface area contributed by atoms with E-state index >= 15 is 0 Å². The number of carboxylic acid groups (broad SMARTS) is 1. The molecule has 2 aromatic rings. The van der Waals surface area contributed by atoms with Crippen molar-refractivity contribution in [2.75, 3.05) is 23.3 Å². The number of nitrogens with one attached hydrogen (secondary N) is 1. The number of carbonyl (C=O) groups is 2. The molecule has 1 saturated heterocycles. The molecule has 0 saturated carbocycles. The molecule has 1 fully saturated rings. The lowest BCUT2D eigenvalue weighted by Crippen LogP contribution is -2.30. The Morgan fingerprint density at radius 1 is 1.07 bits per heavy atom. The molecule has 1 aromatic heterocycles. The minimum absolute atomic E-state index is 0.181. The highest BCUT2D eigenvalue weighted by molar-refractivity contribution is 5.90. The molecule has 0 aliphatic carbocycles. The number of benzene rings is 1. The normalized spacial score (nSPS) is 14.5. The van der Waals surface area contributed by atoms with Gasteiger partial charge in [0.25, 0.3) is 0 Å². The van der Waals surface area contributed by atoms with Gasteiger partial charge in [-0.25, -0.2) is 4.98 Å². The Balaban J connectivity index is 1.57. The predicted molar refractivity (Wildman–Crippen MR) is 112 cm³/mol. The number of nitrogens with zero attached hydrogens (tertiary/aromatic N) is 3. The Kier molecular flexibility index (Phi) is 6.46. The van der Waals surface area contributed by atoms with Crippen LogP contribution in [0, 0.1) is 5.41 Å². The van der Waals surface area contributed by atoms with E-state index in [2.05, 4.69) is 20.2 Å². The molecule has 2 heterocycles. The third-order valence-electron chi connectivity index (χ3n) is 5.18. The lowest BCUT2D eigenvalue weighted by Gasteiger charge is -2.27. The van der Waals surface area contributed by atoms with Crippen LogP contribution in [0.2, 0.25) is 0 Å². The molecule has 154 valence electrons. The highest BCUT2D eigenvalue weighted by Gasteiger charge is 2.27. The molecule has 1 amide bonds. The van der Waals surface area contributed by atoms with E-state index in [0.29, 0.717) is 12.4 Å². The second-order valence-corrected chi connectivity index (χ2v) is 8.19. The van der Waals surface area contributed by atoms with E-state index < -0.39 is 11.4 Å². The zero-order valence-electron chi connectivity index (χ0n) is 17.0. The molecule has 1 aliphatic rings. The lowest BCUT2D eigenvalue weighted by atomic mass is 9.86. The van der Waals surface area contributed by atoms with E-state index in [-0.39, 0.29) is 12.3 Å². The predicted octanol–water partition coefficient (Wildman–Crippen LogP) is 3.30. The van der Waals surface area contributed by atoms with E-state index in [1.165, 1.54) is 6.42 Å². The molecule has 0 spiro atoms. The van der Waals surface area contributed by atoms with Gasteiger partial charge in [0.15, 0.2) is 0 Å². The summed E-state index contributed by atoms with van der Waals surface area (Å²) >= 11 is 0. The van der Waals surface area contributed by atoms with Crippen molar-refractivity contribution in [2.45, 2.75) is 46.0 Å². The number of aliphatic carboxylic acids is 1. The van der Waals surface area contributed by atoms with Crippen molar-refractivity contribution in [1.82, 2.24) is 9.97 Å². The number of piperidine rings is 1. The van der Waals surface area contributed by atoms with Gasteiger partial charge >= 0.3 is 5.97 Å². The largest absolute Gasteiger partial charge is 0.481 e. The van der Waals surface area contributed by atoms with Gasteiger partial charge in [0, 0.05) is 19.3 Å². The Bertz CT molecular complexity index is 859. The van der Waals surface area contributed by atoms with Crippen molar-refractivity contribution >= 4 is 23.6 Å². The van der Waals surface area contributed by atoms with Crippen molar-refractivity contribution < 1.29 is 14.7 Å². The molecule has 0 radical (unpaired) electrons. The topological polar surface area (TPSA) is 95.4 Å². The summed E-state index contributed by atoms with van der Waals surface area (Å²) in [5, 5.41) is 12.0. The number of carboxylic acids is 1. The third-order valence-corrected chi connectivity index (χ3v) is 5.18. The van der Waals surface area contributed by atoms with E-state index in [9.17, 15) is 14.7 Å². The van der Waals surface area contributed by atoms with Gasteiger partial charge in [0.1, 0.15) is 5.82 Å². The summed E-state index contributed by atoms with van der Waals surface area (Å²) in [6.45, 7) is 5.37. The molecule has 7 nitrogen and oxygen atoms in total. The Labute approximate surface area is 171 Å². The maximum absolute atomic E-state index is 12.4. The number of hydrogen-bond acceptors (Lipinski definition) is 5. The van der Waals surface area contributed by atoms with Crippen LogP contribution in [-0.4, -0.2) is 40.0 Å². The van der Waals surface area contributed by atoms with Gasteiger partial charge in [-0.15, -0.1) is 0 Å². The van der Waals surface area contributed by atoms with Crippen LogP contribution in [0.15, 0.2) is 36.5 Å². The van der Waals surface area contributed by atoms with Crippen LogP contribution in [-0.2, 0) is 22.4 Å². The standard InChI is InChI=1S/C22H28N4O3/c1-22(2,20(28)29)15-17-8-6-16(7-9-17)14-19(27)25-21-23-11-10-18(24-21)26-12-4-3-5-13-26/h6-11H,3-5,12-15H2,1-2H3,(H,28,29)(H,23,24,25,27). The maximum atomic E-state index is 12.4.